The molecule has 0 fully saturated rings. The number of allylic oxidation sites excluding steroid dienone is 2. The topological polar surface area (TPSA) is 0 Å². The molecule has 0 radical (unpaired) electrons. The number of hydrogen-bond donors (Lipinski definition) is 0. The Balaban J connectivity index is 2.84. The molecule has 0 amide bonds. The predicted octanol–water partition coefficient (Wildman–Crippen LogP) is 4.45. The summed E-state index contributed by atoms with van der Waals surface area (Å²) in [6, 6.07) is 8.94. The molecule has 0 spiro atoms. The molecule has 1 aromatic carbocycles. The molecule has 14 heavy (non-hydrogen) atoms. The highest BCUT2D eigenvalue weighted by Crippen LogP contribution is 2.20. The van der Waals surface area contributed by atoms with Crippen LogP contribution in [0.1, 0.15) is 44.7 Å². The number of benzene rings is 1. The zero-order valence-corrected chi connectivity index (χ0v) is 9.51. The van der Waals surface area contributed by atoms with Crippen LogP contribution in [0.2, 0.25) is 0 Å². The molecule has 0 unspecified atom stereocenters. The molecular formula is C14H20. The highest BCUT2D eigenvalue weighted by Gasteiger charge is 1.98. The first-order valence-corrected chi connectivity index (χ1v) is 5.56. The van der Waals surface area contributed by atoms with E-state index in [4.69, 9.17) is 0 Å². The van der Waals surface area contributed by atoms with Crippen molar-refractivity contribution in [2.45, 2.75) is 40.0 Å². The molecule has 0 N–H and O–H groups in total. The van der Waals surface area contributed by atoms with E-state index in [0.717, 1.165) is 6.42 Å². The van der Waals surface area contributed by atoms with Gasteiger partial charge in [0.15, 0.2) is 0 Å². The molecular weight excluding hydrogens is 168 g/mol. The predicted molar refractivity (Wildman–Crippen MR) is 64.4 cm³/mol. The van der Waals surface area contributed by atoms with Crippen molar-refractivity contribution in [1.29, 1.82) is 0 Å². The van der Waals surface area contributed by atoms with E-state index in [-0.39, 0.29) is 0 Å². The lowest BCUT2D eigenvalue weighted by Gasteiger charge is -2.06. The van der Waals surface area contributed by atoms with Crippen molar-refractivity contribution in [1.82, 2.24) is 0 Å². The van der Waals surface area contributed by atoms with Crippen LogP contribution in [0, 0.1) is 0 Å². The standard InChI is InChI=1S/C14H20/c1-4-7-13(6-3)14-10-8-12(5-2)9-11-14/h6,8-11H,4-5,7H2,1-3H3. The van der Waals surface area contributed by atoms with Crippen LogP contribution in [0.4, 0.5) is 0 Å². The minimum atomic E-state index is 1.12. The number of hydrogen-bond acceptors (Lipinski definition) is 0. The Bertz CT molecular complexity index is 290. The van der Waals surface area contributed by atoms with Crippen molar-refractivity contribution < 1.29 is 0 Å². The van der Waals surface area contributed by atoms with Gasteiger partial charge in [0.25, 0.3) is 0 Å². The summed E-state index contributed by atoms with van der Waals surface area (Å²) in [6.45, 7) is 6.54. The third kappa shape index (κ3) is 2.73. The Morgan fingerprint density at radius 2 is 1.79 bits per heavy atom. The van der Waals surface area contributed by atoms with Gasteiger partial charge in [-0.05, 0) is 36.5 Å². The summed E-state index contributed by atoms with van der Waals surface area (Å²) in [5.41, 5.74) is 4.27. The van der Waals surface area contributed by atoms with Gasteiger partial charge in [0, 0.05) is 0 Å². The zero-order valence-electron chi connectivity index (χ0n) is 9.51. The molecule has 0 aliphatic heterocycles. The Kier molecular flexibility index (Phi) is 4.45. The quantitative estimate of drug-likeness (QED) is 0.654. The smallest absolute Gasteiger partial charge is 0.0228 e. The summed E-state index contributed by atoms with van der Waals surface area (Å²) in [6.07, 6.45) is 5.75. The zero-order chi connectivity index (χ0) is 10.4. The van der Waals surface area contributed by atoms with E-state index in [1.54, 1.807) is 0 Å². The second-order valence-corrected chi connectivity index (χ2v) is 3.61. The van der Waals surface area contributed by atoms with Crippen molar-refractivity contribution >= 4 is 5.57 Å². The van der Waals surface area contributed by atoms with Crippen LogP contribution in [0.3, 0.4) is 0 Å². The van der Waals surface area contributed by atoms with Crippen LogP contribution in [0.25, 0.3) is 5.57 Å². The summed E-state index contributed by atoms with van der Waals surface area (Å²) in [5, 5.41) is 0. The van der Waals surface area contributed by atoms with Gasteiger partial charge in [-0.1, -0.05) is 50.6 Å². The van der Waals surface area contributed by atoms with Gasteiger partial charge < -0.3 is 0 Å². The second kappa shape index (κ2) is 5.64. The first kappa shape index (κ1) is 11.0. The summed E-state index contributed by atoms with van der Waals surface area (Å²) in [4.78, 5) is 0. The van der Waals surface area contributed by atoms with Crippen LogP contribution in [-0.2, 0) is 6.42 Å². The summed E-state index contributed by atoms with van der Waals surface area (Å²) in [5.74, 6) is 0. The molecule has 0 aliphatic carbocycles. The van der Waals surface area contributed by atoms with Crippen molar-refractivity contribution in [2.24, 2.45) is 0 Å². The van der Waals surface area contributed by atoms with E-state index < -0.39 is 0 Å². The molecule has 1 rings (SSSR count). The molecule has 0 atom stereocenters. The number of rotatable bonds is 4. The van der Waals surface area contributed by atoms with E-state index in [1.165, 1.54) is 29.5 Å². The summed E-state index contributed by atoms with van der Waals surface area (Å²) < 4.78 is 0. The average molecular weight is 188 g/mol. The lowest BCUT2D eigenvalue weighted by Crippen LogP contribution is -1.85. The van der Waals surface area contributed by atoms with Crippen LogP contribution in [-0.4, -0.2) is 0 Å². The largest absolute Gasteiger partial charge is 0.0838 e. The molecule has 0 aliphatic rings. The van der Waals surface area contributed by atoms with Gasteiger partial charge >= 0.3 is 0 Å². The maximum absolute atomic E-state index is 2.24. The van der Waals surface area contributed by atoms with Crippen LogP contribution in [0.5, 0.6) is 0 Å². The first-order chi connectivity index (χ1) is 6.81. The van der Waals surface area contributed by atoms with E-state index in [0.29, 0.717) is 0 Å². The Labute approximate surface area is 87.7 Å². The fourth-order valence-corrected chi connectivity index (χ4v) is 1.68. The van der Waals surface area contributed by atoms with E-state index >= 15 is 0 Å². The Morgan fingerprint density at radius 1 is 1.14 bits per heavy atom. The van der Waals surface area contributed by atoms with Gasteiger partial charge in [0.1, 0.15) is 0 Å². The monoisotopic (exact) mass is 188 g/mol. The third-order valence-electron chi connectivity index (χ3n) is 2.60. The highest BCUT2D eigenvalue weighted by molar-refractivity contribution is 5.65. The molecule has 0 saturated heterocycles. The molecule has 1 aromatic rings. The average Bonchev–Trinajstić information content (AvgIpc) is 2.26. The van der Waals surface area contributed by atoms with Gasteiger partial charge in [-0.25, -0.2) is 0 Å². The van der Waals surface area contributed by atoms with Crippen LogP contribution >= 0.6 is 0 Å². The molecule has 0 nitrogen and oxygen atoms in total. The van der Waals surface area contributed by atoms with Gasteiger partial charge in [0.05, 0.1) is 0 Å². The van der Waals surface area contributed by atoms with Crippen molar-refractivity contribution in [3.8, 4) is 0 Å². The number of aryl methyl sites for hydroxylation is 1. The Morgan fingerprint density at radius 3 is 2.21 bits per heavy atom. The minimum Gasteiger partial charge on any atom is -0.0838 e. The Hall–Kier alpha value is -1.04. The summed E-state index contributed by atoms with van der Waals surface area (Å²) in [7, 11) is 0. The molecule has 0 heteroatoms. The van der Waals surface area contributed by atoms with Gasteiger partial charge in [-0.15, -0.1) is 0 Å². The molecule has 0 aromatic heterocycles. The lowest BCUT2D eigenvalue weighted by molar-refractivity contribution is 0.971. The van der Waals surface area contributed by atoms with Gasteiger partial charge in [0.2, 0.25) is 0 Å². The first-order valence-electron chi connectivity index (χ1n) is 5.56. The molecule has 0 bridgehead atoms. The van der Waals surface area contributed by atoms with Crippen molar-refractivity contribution in [3.05, 3.63) is 41.5 Å². The SMILES string of the molecule is CC=C(CCC)c1ccc(CC)cc1. The van der Waals surface area contributed by atoms with Crippen LogP contribution in [0.15, 0.2) is 30.3 Å². The van der Waals surface area contributed by atoms with Crippen molar-refractivity contribution in [3.63, 3.8) is 0 Å². The van der Waals surface area contributed by atoms with Gasteiger partial charge in [-0.2, -0.15) is 0 Å². The van der Waals surface area contributed by atoms with E-state index in [9.17, 15) is 0 Å². The van der Waals surface area contributed by atoms with E-state index in [1.807, 2.05) is 0 Å². The summed E-state index contributed by atoms with van der Waals surface area (Å²) >= 11 is 0. The highest BCUT2D eigenvalue weighted by atomic mass is 14.0. The fraction of sp³-hybridized carbons (Fsp3) is 0.429. The molecule has 76 valence electrons. The maximum Gasteiger partial charge on any atom is -0.0228 e. The minimum absolute atomic E-state index is 1.12. The molecule has 0 saturated carbocycles. The maximum atomic E-state index is 2.24. The van der Waals surface area contributed by atoms with Crippen LogP contribution < -0.4 is 0 Å². The second-order valence-electron chi connectivity index (χ2n) is 3.61. The molecule has 0 heterocycles. The van der Waals surface area contributed by atoms with E-state index in [2.05, 4.69) is 51.1 Å². The third-order valence-corrected chi connectivity index (χ3v) is 2.60. The lowest BCUT2D eigenvalue weighted by atomic mass is 9.99. The normalized spacial score (nSPS) is 11.8. The van der Waals surface area contributed by atoms with Crippen molar-refractivity contribution in [2.75, 3.05) is 0 Å². The van der Waals surface area contributed by atoms with Gasteiger partial charge in [-0.3, -0.25) is 0 Å². The fourth-order valence-electron chi connectivity index (χ4n) is 1.68.